The van der Waals surface area contributed by atoms with Gasteiger partial charge in [-0.2, -0.15) is 0 Å². The second kappa shape index (κ2) is 4.37. The van der Waals surface area contributed by atoms with E-state index in [1.165, 1.54) is 11.3 Å². The first-order valence-electron chi connectivity index (χ1n) is 4.37. The molecule has 2 heterocycles. The summed E-state index contributed by atoms with van der Waals surface area (Å²) in [6.45, 7) is 0. The van der Waals surface area contributed by atoms with Crippen LogP contribution in [0.2, 0.25) is 0 Å². The van der Waals surface area contributed by atoms with Crippen molar-refractivity contribution in [2.24, 2.45) is 0 Å². The Hall–Kier alpha value is -1.46. The molecule has 0 fully saturated rings. The van der Waals surface area contributed by atoms with Gasteiger partial charge in [-0.25, -0.2) is 4.98 Å². The molecule has 0 saturated heterocycles. The van der Waals surface area contributed by atoms with Gasteiger partial charge in [0, 0.05) is 23.3 Å². The molecule has 1 N–H and O–H groups in total. The molecule has 4 nitrogen and oxygen atoms in total. The van der Waals surface area contributed by atoms with Gasteiger partial charge in [0.25, 0.3) is 0 Å². The quantitative estimate of drug-likeness (QED) is 0.857. The lowest BCUT2D eigenvalue weighted by molar-refractivity contribution is 0.218. The number of nitrogens with zero attached hydrogens (tertiary/aromatic N) is 2. The van der Waals surface area contributed by atoms with E-state index in [1.807, 2.05) is 5.38 Å². The predicted octanol–water partition coefficient (Wildman–Crippen LogP) is 1.63. The molecule has 2 aromatic heterocycles. The second-order valence-corrected chi connectivity index (χ2v) is 3.86. The lowest BCUT2D eigenvalue weighted by Gasteiger charge is -2.08. The smallest absolute Gasteiger partial charge is 0.137 e. The summed E-state index contributed by atoms with van der Waals surface area (Å²) >= 11 is 1.41. The van der Waals surface area contributed by atoms with E-state index in [1.54, 1.807) is 31.8 Å². The van der Waals surface area contributed by atoms with Gasteiger partial charge in [-0.15, -0.1) is 11.3 Å². The third-order valence-corrected chi connectivity index (χ3v) is 2.80. The van der Waals surface area contributed by atoms with Gasteiger partial charge in [-0.3, -0.25) is 4.98 Å². The van der Waals surface area contributed by atoms with Crippen molar-refractivity contribution in [3.8, 4) is 5.75 Å². The largest absolute Gasteiger partial charge is 0.495 e. The first-order chi connectivity index (χ1) is 7.31. The highest BCUT2D eigenvalue weighted by Crippen LogP contribution is 2.24. The van der Waals surface area contributed by atoms with Gasteiger partial charge in [0.15, 0.2) is 0 Å². The summed E-state index contributed by atoms with van der Waals surface area (Å²) in [6, 6.07) is 1.75. The van der Waals surface area contributed by atoms with E-state index in [2.05, 4.69) is 9.97 Å². The molecule has 1 unspecified atom stereocenters. The van der Waals surface area contributed by atoms with Gasteiger partial charge < -0.3 is 9.84 Å². The molecule has 1 atom stereocenters. The monoisotopic (exact) mass is 222 g/mol. The normalized spacial score (nSPS) is 12.4. The van der Waals surface area contributed by atoms with Crippen molar-refractivity contribution in [3.63, 3.8) is 0 Å². The van der Waals surface area contributed by atoms with Crippen LogP contribution in [-0.4, -0.2) is 22.2 Å². The summed E-state index contributed by atoms with van der Waals surface area (Å²) in [5.41, 5.74) is 0.685. The van der Waals surface area contributed by atoms with E-state index in [4.69, 9.17) is 4.74 Å². The molecule has 78 valence electrons. The van der Waals surface area contributed by atoms with Crippen LogP contribution >= 0.6 is 11.3 Å². The van der Waals surface area contributed by atoms with E-state index in [0.29, 0.717) is 16.3 Å². The Morgan fingerprint density at radius 1 is 1.47 bits per heavy atom. The van der Waals surface area contributed by atoms with Crippen LogP contribution in [0.15, 0.2) is 30.0 Å². The Kier molecular flexibility index (Phi) is 2.94. The molecule has 0 saturated carbocycles. The van der Waals surface area contributed by atoms with E-state index in [9.17, 15) is 5.11 Å². The first kappa shape index (κ1) is 10.1. The minimum absolute atomic E-state index is 0.628. The standard InChI is InChI=1S/C10H10N2O2S/c1-14-8-4-7(5-11-6-8)9(13)10-12-2-3-15-10/h2-6,9,13H,1H3. The fourth-order valence-corrected chi connectivity index (χ4v) is 1.86. The average molecular weight is 222 g/mol. The van der Waals surface area contributed by atoms with Crippen molar-refractivity contribution in [3.05, 3.63) is 40.6 Å². The van der Waals surface area contributed by atoms with Gasteiger partial charge in [0.2, 0.25) is 0 Å². The third kappa shape index (κ3) is 2.14. The summed E-state index contributed by atoms with van der Waals surface area (Å²) < 4.78 is 5.03. The van der Waals surface area contributed by atoms with Gasteiger partial charge in [-0.05, 0) is 6.07 Å². The number of thiazole rings is 1. The fourth-order valence-electron chi connectivity index (χ4n) is 1.21. The van der Waals surface area contributed by atoms with Crippen LogP contribution in [0.1, 0.15) is 16.7 Å². The third-order valence-electron chi connectivity index (χ3n) is 1.97. The lowest BCUT2D eigenvalue weighted by atomic mass is 10.2. The van der Waals surface area contributed by atoms with E-state index < -0.39 is 6.10 Å². The van der Waals surface area contributed by atoms with Crippen molar-refractivity contribution in [1.82, 2.24) is 9.97 Å². The highest BCUT2D eigenvalue weighted by Gasteiger charge is 2.13. The maximum absolute atomic E-state index is 9.95. The number of ether oxygens (including phenoxy) is 1. The number of rotatable bonds is 3. The molecule has 0 bridgehead atoms. The van der Waals surface area contributed by atoms with E-state index in [0.717, 1.165) is 0 Å². The highest BCUT2D eigenvalue weighted by molar-refractivity contribution is 7.09. The molecule has 2 rings (SSSR count). The lowest BCUT2D eigenvalue weighted by Crippen LogP contribution is -2.00. The number of aliphatic hydroxyl groups is 1. The molecule has 0 aromatic carbocycles. The van der Waals surface area contributed by atoms with Crippen LogP contribution in [0, 0.1) is 0 Å². The first-order valence-corrected chi connectivity index (χ1v) is 5.25. The summed E-state index contributed by atoms with van der Waals surface area (Å²) in [5, 5.41) is 12.4. The van der Waals surface area contributed by atoms with Crippen LogP contribution in [0.25, 0.3) is 0 Å². The van der Waals surface area contributed by atoms with Gasteiger partial charge in [-0.1, -0.05) is 0 Å². The zero-order valence-corrected chi connectivity index (χ0v) is 8.94. The molecular weight excluding hydrogens is 212 g/mol. The van der Waals surface area contributed by atoms with E-state index >= 15 is 0 Å². The van der Waals surface area contributed by atoms with Gasteiger partial charge in [0.1, 0.15) is 16.9 Å². The predicted molar refractivity (Wildman–Crippen MR) is 57.0 cm³/mol. The molecule has 0 aliphatic rings. The average Bonchev–Trinajstić information content (AvgIpc) is 2.81. The summed E-state index contributed by atoms with van der Waals surface area (Å²) in [6.07, 6.45) is 4.14. The molecule has 0 radical (unpaired) electrons. The molecule has 0 aliphatic carbocycles. The van der Waals surface area contributed by atoms with Crippen molar-refractivity contribution >= 4 is 11.3 Å². The van der Waals surface area contributed by atoms with Gasteiger partial charge >= 0.3 is 0 Å². The van der Waals surface area contributed by atoms with Crippen LogP contribution < -0.4 is 4.74 Å². The van der Waals surface area contributed by atoms with Crippen molar-refractivity contribution < 1.29 is 9.84 Å². The summed E-state index contributed by atoms with van der Waals surface area (Å²) in [7, 11) is 1.57. The van der Waals surface area contributed by atoms with Crippen LogP contribution in [0.5, 0.6) is 5.75 Å². The Balaban J connectivity index is 2.29. The Labute approximate surface area is 91.2 Å². The van der Waals surface area contributed by atoms with Gasteiger partial charge in [0.05, 0.1) is 13.3 Å². The Bertz CT molecular complexity index is 431. The van der Waals surface area contributed by atoms with Crippen molar-refractivity contribution in [1.29, 1.82) is 0 Å². The number of pyridine rings is 1. The van der Waals surface area contributed by atoms with Crippen molar-refractivity contribution in [2.45, 2.75) is 6.10 Å². The highest BCUT2D eigenvalue weighted by atomic mass is 32.1. The minimum Gasteiger partial charge on any atom is -0.495 e. The zero-order chi connectivity index (χ0) is 10.7. The second-order valence-electron chi connectivity index (χ2n) is 2.93. The molecule has 5 heteroatoms. The maximum atomic E-state index is 9.95. The molecule has 0 amide bonds. The zero-order valence-electron chi connectivity index (χ0n) is 8.12. The Morgan fingerprint density at radius 2 is 2.33 bits per heavy atom. The molecule has 0 aliphatic heterocycles. The SMILES string of the molecule is COc1cncc(C(O)c2nccs2)c1. The summed E-state index contributed by atoms with van der Waals surface area (Å²) in [5.74, 6) is 0.628. The molecule has 2 aromatic rings. The molecule has 0 spiro atoms. The van der Waals surface area contributed by atoms with Crippen molar-refractivity contribution in [2.75, 3.05) is 7.11 Å². The van der Waals surface area contributed by atoms with E-state index in [-0.39, 0.29) is 0 Å². The number of aliphatic hydroxyl groups excluding tert-OH is 1. The Morgan fingerprint density at radius 3 is 3.00 bits per heavy atom. The fraction of sp³-hybridized carbons (Fsp3) is 0.200. The van der Waals surface area contributed by atoms with Crippen LogP contribution in [0.3, 0.4) is 0 Å². The minimum atomic E-state index is -0.729. The molecular formula is C10H10N2O2S. The topological polar surface area (TPSA) is 55.2 Å². The van der Waals surface area contributed by atoms with Crippen LogP contribution in [-0.2, 0) is 0 Å². The number of hydrogen-bond acceptors (Lipinski definition) is 5. The summed E-state index contributed by atoms with van der Waals surface area (Å²) in [4.78, 5) is 8.03. The maximum Gasteiger partial charge on any atom is 0.137 e. The van der Waals surface area contributed by atoms with Crippen LogP contribution in [0.4, 0.5) is 0 Å². The number of aromatic nitrogens is 2. The molecule has 15 heavy (non-hydrogen) atoms. The number of methoxy groups -OCH3 is 1. The number of hydrogen-bond donors (Lipinski definition) is 1.